The number of nitrogens with one attached hydrogen (secondary N) is 1. The highest BCUT2D eigenvalue weighted by Crippen LogP contribution is 2.25. The van der Waals surface area contributed by atoms with Crippen molar-refractivity contribution in [3.63, 3.8) is 0 Å². The Morgan fingerprint density at radius 2 is 2.18 bits per heavy atom. The molecule has 0 fully saturated rings. The highest BCUT2D eigenvalue weighted by molar-refractivity contribution is 7.98. The van der Waals surface area contributed by atoms with Crippen LogP contribution in [0.3, 0.4) is 0 Å². The van der Waals surface area contributed by atoms with E-state index in [2.05, 4.69) is 24.2 Å². The van der Waals surface area contributed by atoms with Crippen molar-refractivity contribution in [3.05, 3.63) is 57.0 Å². The number of H-pyrrole nitrogens is 1. The van der Waals surface area contributed by atoms with Crippen LogP contribution in [0.1, 0.15) is 22.4 Å². The summed E-state index contributed by atoms with van der Waals surface area (Å²) < 4.78 is 1.73. The van der Waals surface area contributed by atoms with Gasteiger partial charge < -0.3 is 0 Å². The van der Waals surface area contributed by atoms with Gasteiger partial charge in [0.05, 0.1) is 17.8 Å². The summed E-state index contributed by atoms with van der Waals surface area (Å²) in [4.78, 5) is 12.1. The molecule has 1 aromatic heterocycles. The van der Waals surface area contributed by atoms with Crippen LogP contribution in [-0.4, -0.2) is 9.78 Å². The van der Waals surface area contributed by atoms with Gasteiger partial charge in [0.2, 0.25) is 0 Å². The lowest BCUT2D eigenvalue weighted by Gasteiger charge is -2.06. The minimum atomic E-state index is 0.147. The van der Waals surface area contributed by atoms with Crippen LogP contribution in [0, 0.1) is 6.92 Å². The fourth-order valence-corrected chi connectivity index (χ4v) is 3.21. The molecule has 0 bridgehead atoms. The Balaban J connectivity index is 1.97. The summed E-state index contributed by atoms with van der Waals surface area (Å²) in [7, 11) is 0. The van der Waals surface area contributed by atoms with Gasteiger partial charge in [-0.15, -0.1) is 0 Å². The summed E-state index contributed by atoms with van der Waals surface area (Å²) in [6.07, 6.45) is 0. The molecule has 0 aliphatic carbocycles. The van der Waals surface area contributed by atoms with Gasteiger partial charge in [0.1, 0.15) is 0 Å². The molecule has 1 aliphatic heterocycles. The maximum atomic E-state index is 12.1. The quantitative estimate of drug-likeness (QED) is 0.882. The van der Waals surface area contributed by atoms with Crippen molar-refractivity contribution < 1.29 is 0 Å². The smallest absolute Gasteiger partial charge is 0.271 e. The highest BCUT2D eigenvalue weighted by atomic mass is 32.2. The summed E-state index contributed by atoms with van der Waals surface area (Å²) in [6.45, 7) is 2.72. The monoisotopic (exact) mass is 246 g/mol. The van der Waals surface area contributed by atoms with Crippen LogP contribution in [0.15, 0.2) is 29.1 Å². The molecule has 0 saturated heterocycles. The van der Waals surface area contributed by atoms with Gasteiger partial charge in [-0.05, 0) is 18.1 Å². The van der Waals surface area contributed by atoms with Crippen molar-refractivity contribution in [2.24, 2.45) is 0 Å². The Morgan fingerprint density at radius 1 is 1.35 bits per heavy atom. The maximum absolute atomic E-state index is 12.1. The molecule has 17 heavy (non-hydrogen) atoms. The first-order chi connectivity index (χ1) is 8.25. The van der Waals surface area contributed by atoms with Crippen molar-refractivity contribution in [2.75, 3.05) is 0 Å². The van der Waals surface area contributed by atoms with E-state index in [1.54, 1.807) is 16.4 Å². The Hall–Kier alpha value is -1.42. The van der Waals surface area contributed by atoms with E-state index >= 15 is 0 Å². The second-order valence-corrected chi connectivity index (χ2v) is 5.37. The lowest BCUT2D eigenvalue weighted by molar-refractivity contribution is 0.653. The predicted molar refractivity (Wildman–Crippen MR) is 70.3 cm³/mol. The zero-order valence-electron chi connectivity index (χ0n) is 9.69. The number of aromatic amines is 1. The first-order valence-electron chi connectivity index (χ1n) is 5.68. The van der Waals surface area contributed by atoms with E-state index in [0.29, 0.717) is 6.54 Å². The molecule has 0 unspecified atom stereocenters. The largest absolute Gasteiger partial charge is 0.298 e. The minimum Gasteiger partial charge on any atom is -0.298 e. The summed E-state index contributed by atoms with van der Waals surface area (Å²) in [5.41, 5.74) is 4.64. The maximum Gasteiger partial charge on any atom is 0.271 e. The standard InChI is InChI=1S/C13H14N2OS/c1-9-4-2-3-5-10(9)6-15-13(16)11-7-17-8-12(11)14-15/h2-5,14H,6-8H2,1H3. The van der Waals surface area contributed by atoms with Gasteiger partial charge >= 0.3 is 0 Å². The number of benzene rings is 1. The fourth-order valence-electron chi connectivity index (χ4n) is 2.17. The van der Waals surface area contributed by atoms with Crippen molar-refractivity contribution in [1.82, 2.24) is 9.78 Å². The molecule has 1 N–H and O–H groups in total. The van der Waals surface area contributed by atoms with Gasteiger partial charge in [-0.3, -0.25) is 9.89 Å². The third kappa shape index (κ3) is 1.82. The molecule has 4 heteroatoms. The number of hydrogen-bond acceptors (Lipinski definition) is 2. The average molecular weight is 246 g/mol. The van der Waals surface area contributed by atoms with Gasteiger partial charge in [-0.1, -0.05) is 24.3 Å². The zero-order chi connectivity index (χ0) is 11.8. The lowest BCUT2D eigenvalue weighted by Crippen LogP contribution is -2.19. The molecule has 3 nitrogen and oxygen atoms in total. The average Bonchev–Trinajstić information content (AvgIpc) is 2.87. The number of aryl methyl sites for hydroxylation is 1. The van der Waals surface area contributed by atoms with E-state index in [1.165, 1.54) is 11.1 Å². The van der Waals surface area contributed by atoms with Crippen LogP contribution in [0.5, 0.6) is 0 Å². The highest BCUT2D eigenvalue weighted by Gasteiger charge is 2.19. The van der Waals surface area contributed by atoms with Crippen molar-refractivity contribution in [1.29, 1.82) is 0 Å². The summed E-state index contributed by atoms with van der Waals surface area (Å²) in [5.74, 6) is 1.79. The summed E-state index contributed by atoms with van der Waals surface area (Å²) in [5, 5.41) is 3.22. The number of hydrogen-bond donors (Lipinski definition) is 1. The van der Waals surface area contributed by atoms with Gasteiger partial charge in [0.15, 0.2) is 0 Å². The first-order valence-corrected chi connectivity index (χ1v) is 6.84. The number of thioether (sulfide) groups is 1. The Bertz CT molecular complexity index is 612. The van der Waals surface area contributed by atoms with Crippen molar-refractivity contribution >= 4 is 11.8 Å². The molecular weight excluding hydrogens is 232 g/mol. The van der Waals surface area contributed by atoms with Gasteiger partial charge in [0, 0.05) is 11.5 Å². The molecule has 0 saturated carbocycles. The topological polar surface area (TPSA) is 37.8 Å². The third-order valence-electron chi connectivity index (χ3n) is 3.22. The Labute approximate surface area is 104 Å². The summed E-state index contributed by atoms with van der Waals surface area (Å²) >= 11 is 1.80. The van der Waals surface area contributed by atoms with Crippen molar-refractivity contribution in [2.45, 2.75) is 25.0 Å². The predicted octanol–water partition coefficient (Wildman–Crippen LogP) is 2.28. The normalized spacial score (nSPS) is 13.9. The Morgan fingerprint density at radius 3 is 2.94 bits per heavy atom. The molecule has 2 heterocycles. The number of rotatable bonds is 2. The molecule has 2 aromatic rings. The van der Waals surface area contributed by atoms with Crippen LogP contribution in [0.25, 0.3) is 0 Å². The second kappa shape index (κ2) is 4.11. The van der Waals surface area contributed by atoms with E-state index in [0.717, 1.165) is 22.8 Å². The summed E-state index contributed by atoms with van der Waals surface area (Å²) in [6, 6.07) is 8.18. The van der Waals surface area contributed by atoms with E-state index in [4.69, 9.17) is 0 Å². The van der Waals surface area contributed by atoms with Gasteiger partial charge in [-0.25, -0.2) is 4.68 Å². The minimum absolute atomic E-state index is 0.147. The third-order valence-corrected chi connectivity index (χ3v) is 4.21. The molecule has 0 spiro atoms. The molecule has 0 amide bonds. The number of fused-ring (bicyclic) bond motifs is 1. The van der Waals surface area contributed by atoms with Crippen molar-refractivity contribution in [3.8, 4) is 0 Å². The van der Waals surface area contributed by atoms with Gasteiger partial charge in [0.25, 0.3) is 5.56 Å². The lowest BCUT2D eigenvalue weighted by atomic mass is 10.1. The SMILES string of the molecule is Cc1ccccc1Cn1[nH]c2c(c1=O)CSC2. The van der Waals surface area contributed by atoms with E-state index in [1.807, 2.05) is 12.1 Å². The molecule has 0 radical (unpaired) electrons. The molecule has 1 aromatic carbocycles. The first kappa shape index (κ1) is 10.7. The van der Waals surface area contributed by atoms with E-state index in [9.17, 15) is 4.79 Å². The molecule has 3 rings (SSSR count). The number of aromatic nitrogens is 2. The van der Waals surface area contributed by atoms with Gasteiger partial charge in [-0.2, -0.15) is 11.8 Å². The molecular formula is C13H14N2OS. The van der Waals surface area contributed by atoms with Crippen LogP contribution in [0.2, 0.25) is 0 Å². The van der Waals surface area contributed by atoms with Crippen LogP contribution in [0.4, 0.5) is 0 Å². The van der Waals surface area contributed by atoms with E-state index < -0.39 is 0 Å². The zero-order valence-corrected chi connectivity index (χ0v) is 10.5. The molecule has 88 valence electrons. The van der Waals surface area contributed by atoms with Crippen LogP contribution < -0.4 is 5.56 Å². The fraction of sp³-hybridized carbons (Fsp3) is 0.308. The molecule has 0 atom stereocenters. The van der Waals surface area contributed by atoms with Crippen LogP contribution in [-0.2, 0) is 18.1 Å². The van der Waals surface area contributed by atoms with Crippen LogP contribution >= 0.6 is 11.8 Å². The Kier molecular flexibility index (Phi) is 2.59. The number of nitrogens with zero attached hydrogens (tertiary/aromatic N) is 1. The van der Waals surface area contributed by atoms with E-state index in [-0.39, 0.29) is 5.56 Å². The molecule has 1 aliphatic rings. The second-order valence-electron chi connectivity index (χ2n) is 4.38.